The van der Waals surface area contributed by atoms with Crippen molar-refractivity contribution in [2.75, 3.05) is 13.2 Å². The molecule has 0 bridgehead atoms. The van der Waals surface area contributed by atoms with Crippen LogP contribution in [0.2, 0.25) is 0 Å². The molecule has 0 amide bonds. The molecule has 0 spiro atoms. The summed E-state index contributed by atoms with van der Waals surface area (Å²) in [7, 11) is 0. The SMILES string of the molecule is CCCn1nccc1C(CN)CCO. The molecule has 0 aromatic carbocycles. The Morgan fingerprint density at radius 3 is 3.00 bits per heavy atom. The molecule has 80 valence electrons. The fourth-order valence-corrected chi connectivity index (χ4v) is 1.63. The van der Waals surface area contributed by atoms with Crippen LogP contribution in [-0.4, -0.2) is 28.0 Å². The molecule has 0 radical (unpaired) electrons. The topological polar surface area (TPSA) is 64.1 Å². The van der Waals surface area contributed by atoms with E-state index in [4.69, 9.17) is 10.8 Å². The lowest BCUT2D eigenvalue weighted by Crippen LogP contribution is -2.18. The second-order valence-corrected chi connectivity index (χ2v) is 3.42. The van der Waals surface area contributed by atoms with Crippen LogP contribution in [0.3, 0.4) is 0 Å². The molecule has 1 aromatic rings. The standard InChI is InChI=1S/C10H19N3O/c1-2-6-13-10(3-5-12-13)9(8-11)4-7-14/h3,5,9,14H,2,4,6-8,11H2,1H3. The van der Waals surface area contributed by atoms with Crippen molar-refractivity contribution in [3.05, 3.63) is 18.0 Å². The van der Waals surface area contributed by atoms with Crippen molar-refractivity contribution in [3.8, 4) is 0 Å². The lowest BCUT2D eigenvalue weighted by Gasteiger charge is -2.15. The van der Waals surface area contributed by atoms with Crippen molar-refractivity contribution in [1.29, 1.82) is 0 Å². The van der Waals surface area contributed by atoms with Gasteiger partial charge >= 0.3 is 0 Å². The van der Waals surface area contributed by atoms with Crippen LogP contribution >= 0.6 is 0 Å². The molecule has 4 heteroatoms. The van der Waals surface area contributed by atoms with Crippen LogP contribution in [0.25, 0.3) is 0 Å². The number of nitrogens with zero attached hydrogens (tertiary/aromatic N) is 2. The van der Waals surface area contributed by atoms with Gasteiger partial charge in [0.25, 0.3) is 0 Å². The molecule has 0 fully saturated rings. The number of aromatic nitrogens is 2. The number of rotatable bonds is 6. The molecule has 1 aromatic heterocycles. The number of hydrogen-bond donors (Lipinski definition) is 2. The van der Waals surface area contributed by atoms with Crippen LogP contribution in [0.4, 0.5) is 0 Å². The maximum absolute atomic E-state index is 8.90. The molecule has 0 aliphatic carbocycles. The highest BCUT2D eigenvalue weighted by Gasteiger charge is 2.13. The summed E-state index contributed by atoms with van der Waals surface area (Å²) in [6.07, 6.45) is 3.57. The summed E-state index contributed by atoms with van der Waals surface area (Å²) in [5, 5.41) is 13.1. The van der Waals surface area contributed by atoms with Gasteiger partial charge in [-0.2, -0.15) is 5.10 Å². The molecule has 1 atom stereocenters. The molecule has 1 heterocycles. The van der Waals surface area contributed by atoms with E-state index >= 15 is 0 Å². The van der Waals surface area contributed by atoms with Gasteiger partial charge in [-0.05, 0) is 18.9 Å². The molecule has 0 saturated carbocycles. The number of hydrogen-bond acceptors (Lipinski definition) is 3. The Kier molecular flexibility index (Phi) is 4.62. The minimum absolute atomic E-state index is 0.180. The smallest absolute Gasteiger partial charge is 0.0492 e. The van der Waals surface area contributed by atoms with E-state index in [9.17, 15) is 0 Å². The lowest BCUT2D eigenvalue weighted by atomic mass is 10.0. The van der Waals surface area contributed by atoms with Gasteiger partial charge in [-0.15, -0.1) is 0 Å². The summed E-state index contributed by atoms with van der Waals surface area (Å²) in [6.45, 7) is 3.79. The zero-order chi connectivity index (χ0) is 10.4. The summed E-state index contributed by atoms with van der Waals surface area (Å²) in [4.78, 5) is 0. The molecular weight excluding hydrogens is 178 g/mol. The van der Waals surface area contributed by atoms with Crippen LogP contribution in [0.1, 0.15) is 31.4 Å². The van der Waals surface area contributed by atoms with E-state index < -0.39 is 0 Å². The maximum Gasteiger partial charge on any atom is 0.0492 e. The third-order valence-corrected chi connectivity index (χ3v) is 2.37. The minimum Gasteiger partial charge on any atom is -0.396 e. The Labute approximate surface area is 84.7 Å². The highest BCUT2D eigenvalue weighted by Crippen LogP contribution is 2.17. The average molecular weight is 197 g/mol. The molecule has 4 nitrogen and oxygen atoms in total. The monoisotopic (exact) mass is 197 g/mol. The molecule has 14 heavy (non-hydrogen) atoms. The van der Waals surface area contributed by atoms with Gasteiger partial charge in [0.1, 0.15) is 0 Å². The van der Waals surface area contributed by atoms with E-state index in [1.165, 1.54) is 0 Å². The predicted molar refractivity (Wildman–Crippen MR) is 56.0 cm³/mol. The van der Waals surface area contributed by atoms with Crippen LogP contribution in [-0.2, 0) is 6.54 Å². The van der Waals surface area contributed by atoms with Crippen molar-refractivity contribution in [2.24, 2.45) is 5.73 Å². The quantitative estimate of drug-likeness (QED) is 0.706. The van der Waals surface area contributed by atoms with Gasteiger partial charge in [-0.1, -0.05) is 6.92 Å². The third kappa shape index (κ3) is 2.56. The number of aliphatic hydroxyl groups is 1. The van der Waals surface area contributed by atoms with Crippen LogP contribution < -0.4 is 5.73 Å². The summed E-state index contributed by atoms with van der Waals surface area (Å²) < 4.78 is 1.98. The lowest BCUT2D eigenvalue weighted by molar-refractivity contribution is 0.273. The zero-order valence-corrected chi connectivity index (χ0v) is 8.69. The molecular formula is C10H19N3O. The van der Waals surface area contributed by atoms with E-state index in [0.717, 1.165) is 18.7 Å². The fraction of sp³-hybridized carbons (Fsp3) is 0.700. The van der Waals surface area contributed by atoms with E-state index in [-0.39, 0.29) is 12.5 Å². The zero-order valence-electron chi connectivity index (χ0n) is 8.69. The van der Waals surface area contributed by atoms with E-state index in [1.807, 2.05) is 10.7 Å². The number of aryl methyl sites for hydroxylation is 1. The summed E-state index contributed by atoms with van der Waals surface area (Å²) >= 11 is 0. The molecule has 0 saturated heterocycles. The Morgan fingerprint density at radius 1 is 1.64 bits per heavy atom. The van der Waals surface area contributed by atoms with Crippen LogP contribution in [0.5, 0.6) is 0 Å². The minimum atomic E-state index is 0.180. The summed E-state index contributed by atoms with van der Waals surface area (Å²) in [5.74, 6) is 0.231. The van der Waals surface area contributed by atoms with Crippen molar-refractivity contribution in [3.63, 3.8) is 0 Å². The van der Waals surface area contributed by atoms with Gasteiger partial charge in [-0.25, -0.2) is 0 Å². The molecule has 1 unspecified atom stereocenters. The highest BCUT2D eigenvalue weighted by molar-refractivity contribution is 5.08. The Morgan fingerprint density at radius 2 is 2.43 bits per heavy atom. The number of nitrogens with two attached hydrogens (primary N) is 1. The largest absolute Gasteiger partial charge is 0.396 e. The first-order valence-electron chi connectivity index (χ1n) is 5.16. The normalized spacial score (nSPS) is 13.1. The van der Waals surface area contributed by atoms with E-state index in [0.29, 0.717) is 13.0 Å². The second-order valence-electron chi connectivity index (χ2n) is 3.42. The van der Waals surface area contributed by atoms with Gasteiger partial charge in [0.05, 0.1) is 0 Å². The van der Waals surface area contributed by atoms with Crippen LogP contribution in [0, 0.1) is 0 Å². The third-order valence-electron chi connectivity index (χ3n) is 2.37. The van der Waals surface area contributed by atoms with Crippen molar-refractivity contribution in [1.82, 2.24) is 9.78 Å². The van der Waals surface area contributed by atoms with E-state index in [2.05, 4.69) is 12.0 Å². The fourth-order valence-electron chi connectivity index (χ4n) is 1.63. The molecule has 0 aliphatic heterocycles. The number of aliphatic hydroxyl groups excluding tert-OH is 1. The molecule has 0 aliphatic rings. The molecule has 1 rings (SSSR count). The van der Waals surface area contributed by atoms with Gasteiger partial charge in [0.2, 0.25) is 0 Å². The average Bonchev–Trinajstić information content (AvgIpc) is 2.63. The Bertz CT molecular complexity index is 260. The van der Waals surface area contributed by atoms with Gasteiger partial charge in [0.15, 0.2) is 0 Å². The summed E-state index contributed by atoms with van der Waals surface area (Å²) in [6, 6.07) is 1.99. The van der Waals surface area contributed by atoms with Gasteiger partial charge in [0, 0.05) is 37.5 Å². The van der Waals surface area contributed by atoms with Crippen molar-refractivity contribution >= 4 is 0 Å². The summed E-state index contributed by atoms with van der Waals surface area (Å²) in [5.41, 5.74) is 6.80. The first-order chi connectivity index (χ1) is 6.83. The van der Waals surface area contributed by atoms with E-state index in [1.54, 1.807) is 6.20 Å². The van der Waals surface area contributed by atoms with Crippen molar-refractivity contribution < 1.29 is 5.11 Å². The Hall–Kier alpha value is -0.870. The first-order valence-corrected chi connectivity index (χ1v) is 5.16. The molecule has 3 N–H and O–H groups in total. The second kappa shape index (κ2) is 5.78. The predicted octanol–water partition coefficient (Wildman–Crippen LogP) is 0.718. The maximum atomic E-state index is 8.90. The van der Waals surface area contributed by atoms with Crippen molar-refractivity contribution in [2.45, 2.75) is 32.2 Å². The first kappa shape index (κ1) is 11.2. The van der Waals surface area contributed by atoms with Crippen LogP contribution in [0.15, 0.2) is 12.3 Å². The highest BCUT2D eigenvalue weighted by atomic mass is 16.3. The Balaban J connectivity index is 2.74. The van der Waals surface area contributed by atoms with Gasteiger partial charge < -0.3 is 10.8 Å². The van der Waals surface area contributed by atoms with Gasteiger partial charge in [-0.3, -0.25) is 4.68 Å².